The Morgan fingerprint density at radius 2 is 2.20 bits per heavy atom. The summed E-state index contributed by atoms with van der Waals surface area (Å²) in [4.78, 5) is 4.77. The Morgan fingerprint density at radius 3 is 2.95 bits per heavy atom. The maximum Gasteiger partial charge on any atom is 0.157 e. The van der Waals surface area contributed by atoms with Gasteiger partial charge >= 0.3 is 0 Å². The highest BCUT2D eigenvalue weighted by Crippen LogP contribution is 2.29. The number of benzene rings is 1. The molecule has 2 aromatic rings. The first-order chi connectivity index (χ1) is 9.81. The van der Waals surface area contributed by atoms with Gasteiger partial charge < -0.3 is 5.32 Å². The second kappa shape index (κ2) is 6.13. The molecule has 2 unspecified atom stereocenters. The number of aliphatic imine (C=N–C) groups is 1. The van der Waals surface area contributed by atoms with Crippen LogP contribution < -0.4 is 5.32 Å². The van der Waals surface area contributed by atoms with E-state index in [9.17, 15) is 0 Å². The molecule has 0 saturated carbocycles. The van der Waals surface area contributed by atoms with Crippen molar-refractivity contribution in [2.75, 3.05) is 5.75 Å². The Bertz CT molecular complexity index is 565. The predicted molar refractivity (Wildman–Crippen MR) is 83.9 cm³/mol. The summed E-state index contributed by atoms with van der Waals surface area (Å²) >= 11 is 1.80. The van der Waals surface area contributed by atoms with Gasteiger partial charge in [0.15, 0.2) is 5.17 Å². The molecule has 2 heterocycles. The van der Waals surface area contributed by atoms with Crippen molar-refractivity contribution in [3.8, 4) is 0 Å². The lowest BCUT2D eigenvalue weighted by molar-refractivity contribution is 0.507. The number of aromatic nitrogens is 2. The van der Waals surface area contributed by atoms with Gasteiger partial charge in [0, 0.05) is 24.2 Å². The van der Waals surface area contributed by atoms with Gasteiger partial charge in [-0.1, -0.05) is 42.1 Å². The van der Waals surface area contributed by atoms with Crippen molar-refractivity contribution < 1.29 is 0 Å². The van der Waals surface area contributed by atoms with Crippen LogP contribution in [0.25, 0.3) is 0 Å². The smallest absolute Gasteiger partial charge is 0.157 e. The van der Waals surface area contributed by atoms with E-state index in [1.807, 2.05) is 23.0 Å². The Kier molecular flexibility index (Phi) is 4.06. The third-order valence-corrected chi connectivity index (χ3v) is 4.20. The lowest BCUT2D eigenvalue weighted by atomic mass is 10.1. The van der Waals surface area contributed by atoms with Gasteiger partial charge in [0.2, 0.25) is 0 Å². The molecule has 0 radical (unpaired) electrons. The number of nitrogens with zero attached hydrogens (tertiary/aromatic N) is 3. The third kappa shape index (κ3) is 3.22. The molecule has 0 saturated heterocycles. The van der Waals surface area contributed by atoms with Crippen LogP contribution in [-0.2, 0) is 6.54 Å². The fraction of sp³-hybridized carbons (Fsp3) is 0.333. The topological polar surface area (TPSA) is 42.2 Å². The van der Waals surface area contributed by atoms with E-state index in [0.717, 1.165) is 17.5 Å². The average Bonchev–Trinajstić information content (AvgIpc) is 3.11. The highest BCUT2D eigenvalue weighted by molar-refractivity contribution is 8.14. The van der Waals surface area contributed by atoms with E-state index in [-0.39, 0.29) is 6.04 Å². The van der Waals surface area contributed by atoms with Gasteiger partial charge in [0.05, 0.1) is 12.6 Å². The molecular formula is C15H18N4S. The molecule has 1 N–H and O–H groups in total. The molecule has 20 heavy (non-hydrogen) atoms. The van der Waals surface area contributed by atoms with E-state index in [1.165, 1.54) is 5.56 Å². The first-order valence-corrected chi connectivity index (χ1v) is 7.79. The van der Waals surface area contributed by atoms with Gasteiger partial charge in [-0.15, -0.1) is 0 Å². The second-order valence-corrected chi connectivity index (χ2v) is 5.95. The van der Waals surface area contributed by atoms with Crippen molar-refractivity contribution in [2.45, 2.75) is 25.6 Å². The fourth-order valence-corrected chi connectivity index (χ4v) is 3.31. The molecule has 0 bridgehead atoms. The normalized spacial score (nSPS) is 19.6. The van der Waals surface area contributed by atoms with Gasteiger partial charge in [0.1, 0.15) is 0 Å². The molecule has 0 spiro atoms. The van der Waals surface area contributed by atoms with E-state index < -0.39 is 0 Å². The van der Waals surface area contributed by atoms with Crippen LogP contribution in [0.4, 0.5) is 0 Å². The summed E-state index contributed by atoms with van der Waals surface area (Å²) in [5.74, 6) is 1.01. The van der Waals surface area contributed by atoms with Crippen LogP contribution in [0.3, 0.4) is 0 Å². The summed E-state index contributed by atoms with van der Waals surface area (Å²) in [7, 11) is 0. The quantitative estimate of drug-likeness (QED) is 0.939. The Hall–Kier alpha value is -1.75. The maximum atomic E-state index is 4.77. The van der Waals surface area contributed by atoms with Gasteiger partial charge in [0.25, 0.3) is 0 Å². The zero-order valence-corrected chi connectivity index (χ0v) is 12.3. The first kappa shape index (κ1) is 13.2. The molecule has 1 aliphatic rings. The average molecular weight is 286 g/mol. The van der Waals surface area contributed by atoms with Crippen LogP contribution in [0.15, 0.2) is 53.8 Å². The molecule has 1 aromatic carbocycles. The van der Waals surface area contributed by atoms with Crippen molar-refractivity contribution in [1.29, 1.82) is 0 Å². The highest BCUT2D eigenvalue weighted by Gasteiger charge is 2.20. The van der Waals surface area contributed by atoms with Crippen LogP contribution in [-0.4, -0.2) is 26.7 Å². The summed E-state index contributed by atoms with van der Waals surface area (Å²) in [5.41, 5.74) is 1.29. The van der Waals surface area contributed by atoms with Crippen LogP contribution in [0, 0.1) is 0 Å². The van der Waals surface area contributed by atoms with Crippen molar-refractivity contribution >= 4 is 16.9 Å². The molecule has 0 amide bonds. The number of hydrogen-bond acceptors (Lipinski definition) is 4. The van der Waals surface area contributed by atoms with E-state index in [0.29, 0.717) is 6.04 Å². The largest absolute Gasteiger partial charge is 0.361 e. The van der Waals surface area contributed by atoms with Crippen molar-refractivity contribution in [3.63, 3.8) is 0 Å². The predicted octanol–water partition coefficient (Wildman–Crippen LogP) is 2.71. The molecule has 0 fully saturated rings. The SMILES string of the molecule is CC(Cn1cccn1)NC1=NC(c2ccccc2)CS1. The molecule has 104 valence electrons. The zero-order chi connectivity index (χ0) is 13.8. The number of nitrogens with one attached hydrogen (secondary N) is 1. The van der Waals surface area contributed by atoms with Crippen molar-refractivity contribution in [3.05, 3.63) is 54.4 Å². The van der Waals surface area contributed by atoms with Crippen molar-refractivity contribution in [2.24, 2.45) is 4.99 Å². The fourth-order valence-electron chi connectivity index (χ4n) is 2.24. The minimum Gasteiger partial charge on any atom is -0.361 e. The molecule has 4 nitrogen and oxygen atoms in total. The van der Waals surface area contributed by atoms with Crippen LogP contribution >= 0.6 is 11.8 Å². The highest BCUT2D eigenvalue weighted by atomic mass is 32.2. The second-order valence-electron chi connectivity index (χ2n) is 4.95. The molecule has 3 rings (SSSR count). The number of thioether (sulfide) groups is 1. The number of hydrogen-bond donors (Lipinski definition) is 1. The first-order valence-electron chi connectivity index (χ1n) is 6.81. The lowest BCUT2D eigenvalue weighted by Gasteiger charge is -2.14. The van der Waals surface area contributed by atoms with Gasteiger partial charge in [-0.2, -0.15) is 5.10 Å². The van der Waals surface area contributed by atoms with Gasteiger partial charge in [-0.05, 0) is 18.6 Å². The Balaban J connectivity index is 1.58. The van der Waals surface area contributed by atoms with Crippen molar-refractivity contribution in [1.82, 2.24) is 15.1 Å². The molecular weight excluding hydrogens is 268 g/mol. The molecule has 5 heteroatoms. The summed E-state index contributed by atoms with van der Waals surface area (Å²) in [6.45, 7) is 3.00. The van der Waals surface area contributed by atoms with Gasteiger partial charge in [-0.3, -0.25) is 9.67 Å². The molecule has 1 aromatic heterocycles. The number of rotatable bonds is 4. The summed E-state index contributed by atoms with van der Waals surface area (Å²) in [5, 5.41) is 8.73. The minimum atomic E-state index is 0.278. The van der Waals surface area contributed by atoms with E-state index in [4.69, 9.17) is 4.99 Å². The lowest BCUT2D eigenvalue weighted by Crippen LogP contribution is -2.33. The zero-order valence-electron chi connectivity index (χ0n) is 11.4. The van der Waals surface area contributed by atoms with Crippen LogP contribution in [0.1, 0.15) is 18.5 Å². The third-order valence-electron chi connectivity index (χ3n) is 3.23. The maximum absolute atomic E-state index is 4.77. The molecule has 0 aliphatic carbocycles. The van der Waals surface area contributed by atoms with Crippen LogP contribution in [0.5, 0.6) is 0 Å². The number of amidine groups is 1. The summed E-state index contributed by atoms with van der Waals surface area (Å²) < 4.78 is 1.94. The van der Waals surface area contributed by atoms with E-state index in [1.54, 1.807) is 18.0 Å². The van der Waals surface area contributed by atoms with E-state index in [2.05, 4.69) is 41.6 Å². The minimum absolute atomic E-state index is 0.278. The summed E-state index contributed by atoms with van der Waals surface area (Å²) in [6, 6.07) is 13.0. The van der Waals surface area contributed by atoms with Gasteiger partial charge in [-0.25, -0.2) is 0 Å². The monoisotopic (exact) mass is 286 g/mol. The van der Waals surface area contributed by atoms with E-state index >= 15 is 0 Å². The Morgan fingerprint density at radius 1 is 1.35 bits per heavy atom. The Labute approximate surface area is 123 Å². The molecule has 1 aliphatic heterocycles. The summed E-state index contributed by atoms with van der Waals surface area (Å²) in [6.07, 6.45) is 3.79. The standard InChI is InChI=1S/C15H18N4S/c1-12(10-19-9-5-8-16-19)17-15-18-14(11-20-15)13-6-3-2-4-7-13/h2-9,12,14H,10-11H2,1H3,(H,17,18). The van der Waals surface area contributed by atoms with Crippen LogP contribution in [0.2, 0.25) is 0 Å². The molecule has 2 atom stereocenters.